The highest BCUT2D eigenvalue weighted by molar-refractivity contribution is 7.99. The molecule has 0 saturated carbocycles. The van der Waals surface area contributed by atoms with E-state index in [1.165, 1.54) is 0 Å². The summed E-state index contributed by atoms with van der Waals surface area (Å²) < 4.78 is 0. The third kappa shape index (κ3) is 5.93. The molecule has 1 N–H and O–H groups in total. The first-order valence-electron chi connectivity index (χ1n) is 3.49. The van der Waals surface area contributed by atoms with Crippen molar-refractivity contribution in [1.29, 1.82) is 5.26 Å². The van der Waals surface area contributed by atoms with Gasteiger partial charge in [-0.1, -0.05) is 6.92 Å². The van der Waals surface area contributed by atoms with Crippen LogP contribution >= 0.6 is 11.8 Å². The van der Waals surface area contributed by atoms with Crippen LogP contribution in [-0.4, -0.2) is 24.1 Å². The van der Waals surface area contributed by atoms with Gasteiger partial charge in [0.05, 0.1) is 12.6 Å². The van der Waals surface area contributed by atoms with Crippen LogP contribution in [0.3, 0.4) is 0 Å². The summed E-state index contributed by atoms with van der Waals surface area (Å²) in [5, 5.41) is 11.3. The second-order valence-electron chi connectivity index (χ2n) is 2.10. The van der Waals surface area contributed by atoms with Gasteiger partial charge in [-0.15, -0.1) is 0 Å². The molecule has 0 fully saturated rings. The van der Waals surface area contributed by atoms with Gasteiger partial charge < -0.3 is 5.32 Å². The zero-order valence-corrected chi connectivity index (χ0v) is 7.37. The van der Waals surface area contributed by atoms with Crippen molar-refractivity contribution in [2.24, 2.45) is 0 Å². The number of thioether (sulfide) groups is 1. The summed E-state index contributed by atoms with van der Waals surface area (Å²) in [7, 11) is 0. The van der Waals surface area contributed by atoms with Crippen LogP contribution in [0.5, 0.6) is 0 Å². The minimum Gasteiger partial charge on any atom is -0.301 e. The maximum Gasteiger partial charge on any atom is 0.0843 e. The molecule has 10 heavy (non-hydrogen) atoms. The molecule has 0 amide bonds. The highest BCUT2D eigenvalue weighted by Gasteiger charge is 1.97. The Balaban J connectivity index is 3.10. The number of nitriles is 1. The maximum absolute atomic E-state index is 8.22. The Labute approximate surface area is 67.0 Å². The van der Waals surface area contributed by atoms with Crippen LogP contribution in [0.15, 0.2) is 0 Å². The average molecular weight is 158 g/mol. The van der Waals surface area contributed by atoms with E-state index in [1.807, 2.05) is 11.8 Å². The third-order valence-corrected chi connectivity index (χ3v) is 2.25. The van der Waals surface area contributed by atoms with Crippen molar-refractivity contribution in [3.05, 3.63) is 0 Å². The van der Waals surface area contributed by atoms with E-state index in [0.29, 0.717) is 12.6 Å². The van der Waals surface area contributed by atoms with Crippen LogP contribution < -0.4 is 5.32 Å². The monoisotopic (exact) mass is 158 g/mol. The molecule has 0 aliphatic rings. The fourth-order valence-corrected chi connectivity index (χ4v) is 1.28. The van der Waals surface area contributed by atoms with Gasteiger partial charge >= 0.3 is 0 Å². The molecule has 0 aromatic carbocycles. The first kappa shape index (κ1) is 9.80. The highest BCUT2D eigenvalue weighted by Crippen LogP contribution is 2.00. The minimum atomic E-state index is 0.463. The van der Waals surface area contributed by atoms with Crippen LogP contribution in [-0.2, 0) is 0 Å². The number of rotatable bonds is 5. The molecule has 0 saturated heterocycles. The van der Waals surface area contributed by atoms with Gasteiger partial charge in [0.25, 0.3) is 0 Å². The number of nitrogens with one attached hydrogen (secondary N) is 1. The van der Waals surface area contributed by atoms with Crippen molar-refractivity contribution >= 4 is 11.8 Å². The summed E-state index contributed by atoms with van der Waals surface area (Å²) in [5.41, 5.74) is 0. The molecule has 1 atom stereocenters. The van der Waals surface area contributed by atoms with E-state index in [0.717, 1.165) is 11.5 Å². The number of nitrogens with zero attached hydrogens (tertiary/aromatic N) is 1. The Bertz CT molecular complexity index is 109. The van der Waals surface area contributed by atoms with E-state index in [-0.39, 0.29) is 0 Å². The standard InChI is InChI=1S/C7H14N2S/c1-3-10-6-7(2)9-5-4-8/h7,9H,3,5-6H2,1-2H3. The van der Waals surface area contributed by atoms with Crippen molar-refractivity contribution in [1.82, 2.24) is 5.32 Å². The highest BCUT2D eigenvalue weighted by atomic mass is 32.2. The van der Waals surface area contributed by atoms with Crippen LogP contribution in [0, 0.1) is 11.3 Å². The largest absolute Gasteiger partial charge is 0.301 e. The van der Waals surface area contributed by atoms with Crippen LogP contribution in [0.4, 0.5) is 0 Å². The fourth-order valence-electron chi connectivity index (χ4n) is 0.573. The van der Waals surface area contributed by atoms with Crippen LogP contribution in [0.2, 0.25) is 0 Å². The Morgan fingerprint density at radius 2 is 2.40 bits per heavy atom. The quantitative estimate of drug-likeness (QED) is 0.611. The second-order valence-corrected chi connectivity index (χ2v) is 3.42. The molecule has 0 aliphatic heterocycles. The molecule has 0 aromatic heterocycles. The summed E-state index contributed by atoms with van der Waals surface area (Å²) >= 11 is 1.89. The van der Waals surface area contributed by atoms with Crippen molar-refractivity contribution in [2.75, 3.05) is 18.1 Å². The van der Waals surface area contributed by atoms with Gasteiger partial charge in [0, 0.05) is 11.8 Å². The van der Waals surface area contributed by atoms with Crippen molar-refractivity contribution in [3.8, 4) is 6.07 Å². The molecule has 0 bridgehead atoms. The van der Waals surface area contributed by atoms with Crippen molar-refractivity contribution < 1.29 is 0 Å². The predicted molar refractivity (Wildman–Crippen MR) is 46.1 cm³/mol. The third-order valence-electron chi connectivity index (χ3n) is 1.10. The fraction of sp³-hybridized carbons (Fsp3) is 0.857. The average Bonchev–Trinajstić information content (AvgIpc) is 1.97. The molecular formula is C7H14N2S. The summed E-state index contributed by atoms with van der Waals surface area (Å²) in [5.74, 6) is 2.25. The van der Waals surface area contributed by atoms with E-state index >= 15 is 0 Å². The molecule has 0 spiro atoms. The maximum atomic E-state index is 8.22. The van der Waals surface area contributed by atoms with E-state index in [1.54, 1.807) is 0 Å². The number of hydrogen-bond donors (Lipinski definition) is 1. The topological polar surface area (TPSA) is 35.8 Å². The first-order chi connectivity index (χ1) is 4.81. The molecule has 3 heteroatoms. The van der Waals surface area contributed by atoms with E-state index in [2.05, 4.69) is 25.2 Å². The Kier molecular flexibility index (Phi) is 6.78. The smallest absolute Gasteiger partial charge is 0.0843 e. The van der Waals surface area contributed by atoms with Crippen molar-refractivity contribution in [3.63, 3.8) is 0 Å². The predicted octanol–water partition coefficient (Wildman–Crippen LogP) is 1.24. The molecular weight excluding hydrogens is 144 g/mol. The van der Waals surface area contributed by atoms with Crippen molar-refractivity contribution in [2.45, 2.75) is 19.9 Å². The molecule has 1 unspecified atom stereocenters. The molecule has 2 nitrogen and oxygen atoms in total. The lowest BCUT2D eigenvalue weighted by Crippen LogP contribution is -2.28. The summed E-state index contributed by atoms with van der Waals surface area (Å²) in [6.45, 7) is 4.70. The summed E-state index contributed by atoms with van der Waals surface area (Å²) in [4.78, 5) is 0. The van der Waals surface area contributed by atoms with Gasteiger partial charge in [0.1, 0.15) is 0 Å². The molecule has 0 rings (SSSR count). The lowest BCUT2D eigenvalue weighted by atomic mass is 10.4. The van der Waals surface area contributed by atoms with Gasteiger partial charge in [-0.2, -0.15) is 17.0 Å². The lowest BCUT2D eigenvalue weighted by molar-refractivity contribution is 0.645. The zero-order chi connectivity index (χ0) is 7.82. The van der Waals surface area contributed by atoms with Gasteiger partial charge in [0.15, 0.2) is 0 Å². The Morgan fingerprint density at radius 1 is 1.70 bits per heavy atom. The molecule has 0 aliphatic carbocycles. The first-order valence-corrected chi connectivity index (χ1v) is 4.64. The van der Waals surface area contributed by atoms with Crippen LogP contribution in [0.25, 0.3) is 0 Å². The number of hydrogen-bond acceptors (Lipinski definition) is 3. The van der Waals surface area contributed by atoms with Gasteiger partial charge in [-0.05, 0) is 12.7 Å². The Hall–Kier alpha value is -0.200. The second kappa shape index (κ2) is 6.91. The SMILES string of the molecule is CCSCC(C)NCC#N. The molecule has 0 aromatic rings. The molecule has 0 heterocycles. The normalized spacial score (nSPS) is 12.5. The lowest BCUT2D eigenvalue weighted by Gasteiger charge is -2.08. The molecule has 58 valence electrons. The van der Waals surface area contributed by atoms with Gasteiger partial charge in [0.2, 0.25) is 0 Å². The van der Waals surface area contributed by atoms with Crippen LogP contribution in [0.1, 0.15) is 13.8 Å². The molecule has 0 radical (unpaired) electrons. The summed E-state index contributed by atoms with van der Waals surface area (Å²) in [6.07, 6.45) is 0. The van der Waals surface area contributed by atoms with E-state index in [4.69, 9.17) is 5.26 Å². The minimum absolute atomic E-state index is 0.463. The van der Waals surface area contributed by atoms with E-state index in [9.17, 15) is 0 Å². The van der Waals surface area contributed by atoms with E-state index < -0.39 is 0 Å². The summed E-state index contributed by atoms with van der Waals surface area (Å²) in [6, 6.07) is 2.52. The Morgan fingerprint density at radius 3 is 2.90 bits per heavy atom. The van der Waals surface area contributed by atoms with Gasteiger partial charge in [-0.25, -0.2) is 0 Å². The zero-order valence-electron chi connectivity index (χ0n) is 6.55. The van der Waals surface area contributed by atoms with Gasteiger partial charge in [-0.3, -0.25) is 0 Å².